The van der Waals surface area contributed by atoms with Gasteiger partial charge in [0.05, 0.1) is 25.3 Å². The number of rotatable bonds is 6. The highest BCUT2D eigenvalue weighted by atomic mass is 35.5. The molecule has 1 heterocycles. The molecular formula is C19H20ClFN2O3. The molecule has 0 aromatic heterocycles. The van der Waals surface area contributed by atoms with Crippen LogP contribution in [0.1, 0.15) is 12.0 Å². The first kappa shape index (κ1) is 18.5. The molecule has 138 valence electrons. The Labute approximate surface area is 156 Å². The zero-order valence-electron chi connectivity index (χ0n) is 14.6. The summed E-state index contributed by atoms with van der Waals surface area (Å²) in [5, 5.41) is 3.30. The maximum Gasteiger partial charge on any atom is 0.244 e. The number of methoxy groups -OCH3 is 2. The van der Waals surface area contributed by atoms with E-state index in [4.69, 9.17) is 21.1 Å². The summed E-state index contributed by atoms with van der Waals surface area (Å²) in [5.74, 6) is 0.785. The van der Waals surface area contributed by atoms with E-state index in [0.29, 0.717) is 36.7 Å². The van der Waals surface area contributed by atoms with Gasteiger partial charge in [-0.15, -0.1) is 0 Å². The van der Waals surface area contributed by atoms with Crippen LogP contribution in [-0.4, -0.2) is 32.7 Å². The first-order chi connectivity index (χ1) is 12.5. The Morgan fingerprint density at radius 1 is 1.23 bits per heavy atom. The highest BCUT2D eigenvalue weighted by molar-refractivity contribution is 6.30. The minimum absolute atomic E-state index is 0.0432. The Balaban J connectivity index is 1.67. The van der Waals surface area contributed by atoms with E-state index in [9.17, 15) is 9.18 Å². The fourth-order valence-corrected chi connectivity index (χ4v) is 3.13. The molecule has 1 saturated heterocycles. The van der Waals surface area contributed by atoms with Crippen molar-refractivity contribution in [2.24, 2.45) is 0 Å². The van der Waals surface area contributed by atoms with Crippen molar-refractivity contribution in [1.29, 1.82) is 0 Å². The van der Waals surface area contributed by atoms with Crippen LogP contribution in [0.15, 0.2) is 36.4 Å². The second-order valence-corrected chi connectivity index (χ2v) is 6.40. The number of hydrogen-bond donors (Lipinski definition) is 1. The van der Waals surface area contributed by atoms with Crippen molar-refractivity contribution in [1.82, 2.24) is 5.32 Å². The van der Waals surface area contributed by atoms with E-state index >= 15 is 0 Å². The molecule has 0 aliphatic carbocycles. The predicted octanol–water partition coefficient (Wildman–Crippen LogP) is 3.39. The molecule has 1 amide bonds. The lowest BCUT2D eigenvalue weighted by Gasteiger charge is -2.18. The first-order valence-electron chi connectivity index (χ1n) is 8.24. The van der Waals surface area contributed by atoms with Gasteiger partial charge in [-0.2, -0.15) is 0 Å². The van der Waals surface area contributed by atoms with Crippen LogP contribution in [0.3, 0.4) is 0 Å². The molecule has 26 heavy (non-hydrogen) atoms. The van der Waals surface area contributed by atoms with Gasteiger partial charge in [0.25, 0.3) is 0 Å². The van der Waals surface area contributed by atoms with Gasteiger partial charge in [-0.3, -0.25) is 4.79 Å². The minimum atomic E-state index is -0.531. The van der Waals surface area contributed by atoms with E-state index in [-0.39, 0.29) is 17.0 Å². The molecule has 1 aliphatic heterocycles. The number of ether oxygens (including phenoxy) is 2. The molecule has 0 unspecified atom stereocenters. The molecule has 1 fully saturated rings. The minimum Gasteiger partial charge on any atom is -0.497 e. The van der Waals surface area contributed by atoms with Crippen molar-refractivity contribution in [2.75, 3.05) is 25.7 Å². The number of nitrogens with zero attached hydrogens (tertiary/aromatic N) is 1. The summed E-state index contributed by atoms with van der Waals surface area (Å²) in [6, 6.07) is 9.61. The lowest BCUT2D eigenvalue weighted by atomic mass is 10.1. The number of carbonyl (C=O) groups is 1. The van der Waals surface area contributed by atoms with Crippen LogP contribution in [0.4, 0.5) is 10.1 Å². The monoisotopic (exact) mass is 378 g/mol. The molecular weight excluding hydrogens is 359 g/mol. The quantitative estimate of drug-likeness (QED) is 0.837. The highest BCUT2D eigenvalue weighted by Crippen LogP contribution is 2.27. The maximum absolute atomic E-state index is 13.7. The van der Waals surface area contributed by atoms with Crippen molar-refractivity contribution in [2.45, 2.75) is 19.0 Å². The van der Waals surface area contributed by atoms with Crippen LogP contribution in [-0.2, 0) is 11.3 Å². The van der Waals surface area contributed by atoms with Crippen LogP contribution < -0.4 is 19.7 Å². The molecule has 0 radical (unpaired) electrons. The van der Waals surface area contributed by atoms with Gasteiger partial charge in [0.1, 0.15) is 17.3 Å². The van der Waals surface area contributed by atoms with Crippen molar-refractivity contribution in [3.05, 3.63) is 52.8 Å². The van der Waals surface area contributed by atoms with Crippen molar-refractivity contribution in [3.63, 3.8) is 0 Å². The average Bonchev–Trinajstić information content (AvgIpc) is 3.02. The number of benzene rings is 2. The van der Waals surface area contributed by atoms with Crippen molar-refractivity contribution in [3.8, 4) is 11.5 Å². The van der Waals surface area contributed by atoms with Gasteiger partial charge in [0, 0.05) is 30.4 Å². The number of nitrogens with one attached hydrogen (secondary N) is 1. The van der Waals surface area contributed by atoms with Gasteiger partial charge in [-0.05, 0) is 30.7 Å². The van der Waals surface area contributed by atoms with Gasteiger partial charge < -0.3 is 19.7 Å². The van der Waals surface area contributed by atoms with Crippen LogP contribution in [0.2, 0.25) is 5.02 Å². The number of amides is 1. The first-order valence-corrected chi connectivity index (χ1v) is 8.62. The molecule has 1 aliphatic rings. The molecule has 0 spiro atoms. The summed E-state index contributed by atoms with van der Waals surface area (Å²) in [6.07, 6.45) is 0.640. The summed E-state index contributed by atoms with van der Waals surface area (Å²) in [5.41, 5.74) is 1.44. The molecule has 0 bridgehead atoms. The van der Waals surface area contributed by atoms with Gasteiger partial charge in [0.15, 0.2) is 0 Å². The smallest absolute Gasteiger partial charge is 0.244 e. The fraction of sp³-hybridized carbons (Fsp3) is 0.316. The number of halogens is 2. The van der Waals surface area contributed by atoms with E-state index in [2.05, 4.69) is 5.32 Å². The second kappa shape index (κ2) is 7.93. The summed E-state index contributed by atoms with van der Waals surface area (Å²) in [7, 11) is 3.19. The standard InChI is InChI=1S/C19H20ClFN2O3/c1-25-14-5-3-12(18(10-14)26-2)11-22-17-7-8-23(19(17)24)13-4-6-15(20)16(21)9-13/h3-6,9-10,17,22H,7-8,11H2,1-2H3/t17-/m0/s1. The zero-order chi connectivity index (χ0) is 18.7. The van der Waals surface area contributed by atoms with Gasteiger partial charge in [-0.1, -0.05) is 17.7 Å². The molecule has 2 aromatic carbocycles. The molecule has 3 rings (SSSR count). The van der Waals surface area contributed by atoms with E-state index < -0.39 is 5.82 Å². The summed E-state index contributed by atoms with van der Waals surface area (Å²) < 4.78 is 24.2. The number of anilines is 1. The zero-order valence-corrected chi connectivity index (χ0v) is 15.3. The molecule has 1 N–H and O–H groups in total. The molecule has 7 heteroatoms. The van der Waals surface area contributed by atoms with Gasteiger partial charge in [0.2, 0.25) is 5.91 Å². The van der Waals surface area contributed by atoms with E-state index in [1.165, 1.54) is 12.1 Å². The van der Waals surface area contributed by atoms with Crippen LogP contribution in [0.25, 0.3) is 0 Å². The van der Waals surface area contributed by atoms with Gasteiger partial charge in [-0.25, -0.2) is 4.39 Å². The van der Waals surface area contributed by atoms with Crippen LogP contribution >= 0.6 is 11.6 Å². The van der Waals surface area contributed by atoms with Crippen molar-refractivity contribution >= 4 is 23.2 Å². The third kappa shape index (κ3) is 3.76. The lowest BCUT2D eigenvalue weighted by Crippen LogP contribution is -2.38. The van der Waals surface area contributed by atoms with Gasteiger partial charge >= 0.3 is 0 Å². The maximum atomic E-state index is 13.7. The topological polar surface area (TPSA) is 50.8 Å². The Morgan fingerprint density at radius 2 is 2.04 bits per heavy atom. The number of hydrogen-bond acceptors (Lipinski definition) is 4. The van der Waals surface area contributed by atoms with Crippen LogP contribution in [0.5, 0.6) is 11.5 Å². The normalized spacial score (nSPS) is 16.8. The summed E-state index contributed by atoms with van der Waals surface area (Å²) in [4.78, 5) is 14.2. The predicted molar refractivity (Wildman–Crippen MR) is 98.6 cm³/mol. The Kier molecular flexibility index (Phi) is 5.64. The summed E-state index contributed by atoms with van der Waals surface area (Å²) >= 11 is 5.71. The highest BCUT2D eigenvalue weighted by Gasteiger charge is 2.32. The summed E-state index contributed by atoms with van der Waals surface area (Å²) in [6.45, 7) is 1.00. The molecule has 0 saturated carbocycles. The Bertz CT molecular complexity index is 815. The largest absolute Gasteiger partial charge is 0.497 e. The second-order valence-electron chi connectivity index (χ2n) is 5.99. The third-order valence-corrected chi connectivity index (χ3v) is 4.76. The average molecular weight is 379 g/mol. The fourth-order valence-electron chi connectivity index (χ4n) is 3.01. The SMILES string of the molecule is COc1ccc(CN[C@H]2CCN(c3ccc(Cl)c(F)c3)C2=O)c(OC)c1. The Morgan fingerprint density at radius 3 is 2.73 bits per heavy atom. The molecule has 5 nitrogen and oxygen atoms in total. The third-order valence-electron chi connectivity index (χ3n) is 4.45. The molecule has 1 atom stereocenters. The lowest BCUT2D eigenvalue weighted by molar-refractivity contribution is -0.118. The van der Waals surface area contributed by atoms with E-state index in [0.717, 1.165) is 5.56 Å². The van der Waals surface area contributed by atoms with E-state index in [1.807, 2.05) is 12.1 Å². The van der Waals surface area contributed by atoms with Crippen molar-refractivity contribution < 1.29 is 18.7 Å². The van der Waals surface area contributed by atoms with E-state index in [1.54, 1.807) is 31.3 Å². The Hall–Kier alpha value is -2.31. The number of carbonyl (C=O) groups excluding carboxylic acids is 1. The molecule has 2 aromatic rings. The van der Waals surface area contributed by atoms with Crippen LogP contribution in [0, 0.1) is 5.82 Å².